The zero-order valence-corrected chi connectivity index (χ0v) is 6.27. The fraction of sp³-hybridized carbons (Fsp3) is 1.00. The molecule has 0 aliphatic heterocycles. The second-order valence-corrected chi connectivity index (χ2v) is 5.45. The van der Waals surface area contributed by atoms with Crippen LogP contribution in [0, 0.1) is 0 Å². The van der Waals surface area contributed by atoms with Gasteiger partial charge in [0.05, 0.1) is 0 Å². The summed E-state index contributed by atoms with van der Waals surface area (Å²) in [6, 6.07) is 0. The van der Waals surface area contributed by atoms with E-state index in [-0.39, 0.29) is 0 Å². The SMILES string of the molecule is CC[AsH]Br. The van der Waals surface area contributed by atoms with Crippen LogP contribution >= 0.6 is 13.9 Å². The summed E-state index contributed by atoms with van der Waals surface area (Å²) in [4.78, 5) is 0. The van der Waals surface area contributed by atoms with E-state index >= 15 is 0 Å². The van der Waals surface area contributed by atoms with Gasteiger partial charge in [0.2, 0.25) is 0 Å². The van der Waals surface area contributed by atoms with Gasteiger partial charge in [0.1, 0.15) is 0 Å². The van der Waals surface area contributed by atoms with E-state index in [0.29, 0.717) is 13.9 Å². The predicted octanol–water partition coefficient (Wildman–Crippen LogP) is 1.17. The van der Waals surface area contributed by atoms with Crippen molar-refractivity contribution in [1.82, 2.24) is 0 Å². The Morgan fingerprint density at radius 1 is 2.00 bits per heavy atom. The van der Waals surface area contributed by atoms with Gasteiger partial charge in [0.25, 0.3) is 0 Å². The van der Waals surface area contributed by atoms with Crippen molar-refractivity contribution < 1.29 is 0 Å². The van der Waals surface area contributed by atoms with E-state index in [1.807, 2.05) is 0 Å². The Labute approximate surface area is 40.2 Å². The summed E-state index contributed by atoms with van der Waals surface area (Å²) in [6.07, 6.45) is 0. The Morgan fingerprint density at radius 3 is 2.25 bits per heavy atom. The fourth-order valence-corrected chi connectivity index (χ4v) is 0. The van der Waals surface area contributed by atoms with Gasteiger partial charge in [-0.05, 0) is 0 Å². The molecule has 2 heteroatoms. The van der Waals surface area contributed by atoms with E-state index in [1.165, 1.54) is 5.21 Å². The molecule has 1 atom stereocenters. The van der Waals surface area contributed by atoms with Gasteiger partial charge < -0.3 is 0 Å². The Morgan fingerprint density at radius 2 is 2.25 bits per heavy atom. The van der Waals surface area contributed by atoms with Crippen LogP contribution in [0.4, 0.5) is 0 Å². The van der Waals surface area contributed by atoms with Gasteiger partial charge in [-0.3, -0.25) is 0 Å². The first-order valence-corrected chi connectivity index (χ1v) is 7.65. The summed E-state index contributed by atoms with van der Waals surface area (Å²) < 4.78 is 0. The summed E-state index contributed by atoms with van der Waals surface area (Å²) in [7, 11) is 0. The van der Waals surface area contributed by atoms with Crippen molar-refractivity contribution in [2.24, 2.45) is 0 Å². The van der Waals surface area contributed by atoms with Gasteiger partial charge in [-0.25, -0.2) is 0 Å². The Hall–Kier alpha value is 1.04. The molecule has 0 rings (SSSR count). The van der Waals surface area contributed by atoms with Crippen LogP contribution in [-0.2, 0) is 0 Å². The van der Waals surface area contributed by atoms with Crippen LogP contribution in [0.5, 0.6) is 0 Å². The third-order valence-electron chi connectivity index (χ3n) is 0.134. The van der Waals surface area contributed by atoms with Crippen molar-refractivity contribution in [3.8, 4) is 0 Å². The molecule has 0 aromatic rings. The van der Waals surface area contributed by atoms with E-state index in [2.05, 4.69) is 20.9 Å². The molecular formula is C2H6AsBr. The zero-order valence-electron chi connectivity index (χ0n) is 2.59. The number of hydrogen-bond acceptors (Lipinski definition) is 0. The number of halogens is 1. The molecule has 0 saturated heterocycles. The molecule has 4 heavy (non-hydrogen) atoms. The molecule has 0 fully saturated rings. The standard InChI is InChI=1S/C2H6AsBr/c1-2-3-4/h3H,2H2,1H3. The summed E-state index contributed by atoms with van der Waals surface area (Å²) in [5.74, 6) is 0. The molecule has 0 aromatic carbocycles. The molecule has 0 aliphatic rings. The third kappa shape index (κ3) is 3.04. The van der Waals surface area contributed by atoms with Crippen LogP contribution in [0.15, 0.2) is 0 Å². The van der Waals surface area contributed by atoms with Gasteiger partial charge in [-0.2, -0.15) is 0 Å². The summed E-state index contributed by atoms with van der Waals surface area (Å²) in [6.45, 7) is 2.19. The van der Waals surface area contributed by atoms with E-state index < -0.39 is 0 Å². The second kappa shape index (κ2) is 4.04. The molecule has 0 spiro atoms. The molecule has 0 radical (unpaired) electrons. The van der Waals surface area contributed by atoms with Gasteiger partial charge in [0.15, 0.2) is 0 Å². The average Bonchev–Trinajstić information content (AvgIpc) is 1.37. The quantitative estimate of drug-likeness (QED) is 0.537. The Bertz CT molecular complexity index is 8.00. The van der Waals surface area contributed by atoms with Gasteiger partial charge in [-0.1, -0.05) is 0 Å². The van der Waals surface area contributed by atoms with Crippen LogP contribution in [0.3, 0.4) is 0 Å². The van der Waals surface area contributed by atoms with E-state index in [4.69, 9.17) is 0 Å². The first kappa shape index (κ1) is 5.04. The van der Waals surface area contributed by atoms with Crippen molar-refractivity contribution in [1.29, 1.82) is 0 Å². The maximum absolute atomic E-state index is 3.37. The number of hydrogen-bond donors (Lipinski definition) is 0. The van der Waals surface area contributed by atoms with Crippen LogP contribution in [-0.4, -0.2) is 13.9 Å². The molecule has 0 heterocycles. The van der Waals surface area contributed by atoms with E-state index in [0.717, 1.165) is 0 Å². The monoisotopic (exact) mass is 184 g/mol. The fourth-order valence-electron chi connectivity index (χ4n) is 0. The number of rotatable bonds is 1. The summed E-state index contributed by atoms with van der Waals surface area (Å²) >= 11 is 3.70. The van der Waals surface area contributed by atoms with Crippen molar-refractivity contribution in [3.05, 3.63) is 0 Å². The van der Waals surface area contributed by atoms with Gasteiger partial charge in [0, 0.05) is 0 Å². The molecule has 0 aliphatic carbocycles. The van der Waals surface area contributed by atoms with E-state index in [9.17, 15) is 0 Å². The predicted molar refractivity (Wildman–Crippen MR) is 26.6 cm³/mol. The summed E-state index contributed by atoms with van der Waals surface area (Å²) in [5, 5.41) is 1.36. The van der Waals surface area contributed by atoms with Crippen LogP contribution in [0.1, 0.15) is 6.92 Å². The van der Waals surface area contributed by atoms with Crippen molar-refractivity contribution in [3.63, 3.8) is 0 Å². The molecular weight excluding hydrogens is 179 g/mol. The maximum atomic E-state index is 3.37. The second-order valence-electron chi connectivity index (χ2n) is 0.487. The summed E-state index contributed by atoms with van der Waals surface area (Å²) in [5.41, 5.74) is 0. The normalized spacial score (nSPS) is 10.5. The van der Waals surface area contributed by atoms with Gasteiger partial charge >= 0.3 is 40.0 Å². The van der Waals surface area contributed by atoms with Crippen LogP contribution in [0.2, 0.25) is 5.21 Å². The minimum absolute atomic E-state index is 0.326. The molecule has 0 bridgehead atoms. The molecule has 0 amide bonds. The van der Waals surface area contributed by atoms with Crippen LogP contribution in [0.25, 0.3) is 0 Å². The molecule has 0 nitrogen and oxygen atoms in total. The Kier molecular flexibility index (Phi) is 5.09. The van der Waals surface area contributed by atoms with Crippen LogP contribution < -0.4 is 0 Å². The topological polar surface area (TPSA) is 0 Å². The molecule has 26 valence electrons. The van der Waals surface area contributed by atoms with Crippen molar-refractivity contribution >= 4 is 27.8 Å². The zero-order chi connectivity index (χ0) is 3.41. The first-order chi connectivity index (χ1) is 1.91. The minimum atomic E-state index is 0.326. The molecule has 0 saturated carbocycles. The average molecular weight is 185 g/mol. The molecule has 0 aromatic heterocycles. The third-order valence-corrected chi connectivity index (χ3v) is 3.61. The van der Waals surface area contributed by atoms with Crippen molar-refractivity contribution in [2.45, 2.75) is 12.1 Å². The Balaban J connectivity index is 1.97. The van der Waals surface area contributed by atoms with Crippen molar-refractivity contribution in [2.75, 3.05) is 0 Å². The van der Waals surface area contributed by atoms with Gasteiger partial charge in [-0.15, -0.1) is 0 Å². The van der Waals surface area contributed by atoms with E-state index in [1.54, 1.807) is 0 Å². The molecule has 1 unspecified atom stereocenters. The first-order valence-electron chi connectivity index (χ1n) is 1.25. The molecule has 0 N–H and O–H groups in total.